The number of para-hydroxylation sites is 3. The summed E-state index contributed by atoms with van der Waals surface area (Å²) in [7, 11) is 0. The largest absolute Gasteiger partial charge is 0.455 e. The predicted octanol–water partition coefficient (Wildman–Crippen LogP) is 14.4. The minimum absolute atomic E-state index is 0.557. The van der Waals surface area contributed by atoms with Crippen molar-refractivity contribution < 1.29 is 4.42 Å². The minimum Gasteiger partial charge on any atom is -0.455 e. The zero-order chi connectivity index (χ0) is 41.4. The Morgan fingerprint density at radius 2 is 1.02 bits per heavy atom. The summed E-state index contributed by atoms with van der Waals surface area (Å²) in [6, 6.07) is 66.7. The highest BCUT2D eigenvalue weighted by Gasteiger charge is 2.23. The molecule has 8 aromatic carbocycles. The van der Waals surface area contributed by atoms with Gasteiger partial charge in [-0.1, -0.05) is 152 Å². The summed E-state index contributed by atoms with van der Waals surface area (Å²) in [5.74, 6) is 2.40. The lowest BCUT2D eigenvalue weighted by molar-refractivity contribution is 0.670. The fourth-order valence-corrected chi connectivity index (χ4v) is 10.2. The third-order valence-electron chi connectivity index (χ3n) is 11.9. The van der Waals surface area contributed by atoms with E-state index in [1.165, 1.54) is 5.39 Å². The van der Waals surface area contributed by atoms with Crippen molar-refractivity contribution in [2.24, 2.45) is 0 Å². The van der Waals surface area contributed by atoms with Crippen LogP contribution in [0.3, 0.4) is 0 Å². The molecule has 7 nitrogen and oxygen atoms in total. The molecule has 13 rings (SSSR count). The summed E-state index contributed by atoms with van der Waals surface area (Å²) >= 11 is 1.71. The van der Waals surface area contributed by atoms with Gasteiger partial charge < -0.3 is 8.98 Å². The molecule has 0 fully saturated rings. The van der Waals surface area contributed by atoms with Crippen LogP contribution in [0, 0.1) is 0 Å². The topological polar surface area (TPSA) is 82.5 Å². The Balaban J connectivity index is 1.03. The molecule has 0 saturated heterocycles. The van der Waals surface area contributed by atoms with Crippen LogP contribution in [0.15, 0.2) is 199 Å². The molecule has 0 unspecified atom stereocenters. The van der Waals surface area contributed by atoms with Crippen molar-refractivity contribution in [2.45, 2.75) is 0 Å². The van der Waals surface area contributed by atoms with Crippen molar-refractivity contribution in [3.8, 4) is 62.5 Å². The van der Waals surface area contributed by atoms with E-state index in [1.807, 2.05) is 66.7 Å². The Kier molecular flexibility index (Phi) is 7.94. The lowest BCUT2D eigenvalue weighted by Crippen LogP contribution is -2.00. The summed E-state index contributed by atoms with van der Waals surface area (Å²) in [6.45, 7) is 0. The maximum absolute atomic E-state index is 6.90. The Morgan fingerprint density at radius 1 is 0.413 bits per heavy atom. The monoisotopic (exact) mass is 824 g/mol. The van der Waals surface area contributed by atoms with Crippen LogP contribution in [0.25, 0.3) is 127 Å². The standard InChI is InChI=1S/C55H32N6OS/c1-4-16-33(17-5-1)52-56-48-39-23-11-13-29-46(39)63-51(48)49(57-52)42-26-14-24-40-47-41(25-15-28-45(47)62-50(40)42)55-59-53(34-18-6-2-7-19-34)58-54(60-55)35-30-31-38-37-22-10-12-27-43(37)61(44(38)32-35)36-20-8-3-9-21-36/h1-32H. The smallest absolute Gasteiger partial charge is 0.164 e. The van der Waals surface area contributed by atoms with Crippen molar-refractivity contribution in [3.63, 3.8) is 0 Å². The van der Waals surface area contributed by atoms with E-state index in [4.69, 9.17) is 29.3 Å². The second kappa shape index (κ2) is 14.1. The quantitative estimate of drug-likeness (QED) is 0.166. The van der Waals surface area contributed by atoms with Crippen molar-refractivity contribution >= 4 is 75.4 Å². The first kappa shape index (κ1) is 35.4. The van der Waals surface area contributed by atoms with Gasteiger partial charge in [0, 0.05) is 65.1 Å². The third-order valence-corrected chi connectivity index (χ3v) is 13.1. The van der Waals surface area contributed by atoms with E-state index < -0.39 is 0 Å². The van der Waals surface area contributed by atoms with Crippen LogP contribution in [0.2, 0.25) is 0 Å². The van der Waals surface area contributed by atoms with Crippen molar-refractivity contribution in [2.75, 3.05) is 0 Å². The van der Waals surface area contributed by atoms with Crippen LogP contribution in [0.5, 0.6) is 0 Å². The van der Waals surface area contributed by atoms with Crippen LogP contribution in [-0.2, 0) is 0 Å². The molecule has 0 bridgehead atoms. The van der Waals surface area contributed by atoms with E-state index in [2.05, 4.69) is 132 Å². The zero-order valence-electron chi connectivity index (χ0n) is 33.5. The third kappa shape index (κ3) is 5.69. The highest BCUT2D eigenvalue weighted by atomic mass is 32.1. The van der Waals surface area contributed by atoms with Crippen LogP contribution in [0.4, 0.5) is 0 Å². The molecule has 0 aliphatic carbocycles. The molecule has 63 heavy (non-hydrogen) atoms. The molecule has 0 N–H and O–H groups in total. The predicted molar refractivity (Wildman–Crippen MR) is 257 cm³/mol. The van der Waals surface area contributed by atoms with Crippen LogP contribution in [-0.4, -0.2) is 29.5 Å². The molecule has 13 aromatic rings. The second-order valence-electron chi connectivity index (χ2n) is 15.6. The molecule has 294 valence electrons. The van der Waals surface area contributed by atoms with Gasteiger partial charge in [0.15, 0.2) is 23.3 Å². The zero-order valence-corrected chi connectivity index (χ0v) is 34.3. The van der Waals surface area contributed by atoms with Gasteiger partial charge in [0.25, 0.3) is 0 Å². The SMILES string of the molecule is c1ccc(-c2nc(-c3ccc4c5ccccc5n(-c5ccccc5)c4c3)nc(-c3cccc4oc5c(-c6nc(-c7ccccc7)nc7c6sc6ccccc67)cccc5c34)n2)cc1. The van der Waals surface area contributed by atoms with Crippen molar-refractivity contribution in [1.29, 1.82) is 0 Å². The fourth-order valence-electron chi connectivity index (χ4n) is 9.02. The van der Waals surface area contributed by atoms with Crippen LogP contribution < -0.4 is 0 Å². The average molecular weight is 825 g/mol. The summed E-state index contributed by atoms with van der Waals surface area (Å²) in [5, 5.41) is 5.33. The fraction of sp³-hybridized carbons (Fsp3) is 0. The highest BCUT2D eigenvalue weighted by Crippen LogP contribution is 2.45. The van der Waals surface area contributed by atoms with Gasteiger partial charge in [-0.05, 0) is 42.5 Å². The van der Waals surface area contributed by atoms with Gasteiger partial charge >= 0.3 is 0 Å². The van der Waals surface area contributed by atoms with E-state index in [1.54, 1.807) is 11.3 Å². The first-order chi connectivity index (χ1) is 31.2. The van der Waals surface area contributed by atoms with Gasteiger partial charge in [-0.15, -0.1) is 11.3 Å². The van der Waals surface area contributed by atoms with Crippen LogP contribution >= 0.6 is 11.3 Å². The molecule has 0 amide bonds. The first-order valence-electron chi connectivity index (χ1n) is 20.8. The van der Waals surface area contributed by atoms with Gasteiger partial charge in [0.2, 0.25) is 0 Å². The Bertz CT molecular complexity index is 3910. The van der Waals surface area contributed by atoms with Gasteiger partial charge in [-0.3, -0.25) is 0 Å². The normalized spacial score (nSPS) is 11.8. The number of hydrogen-bond donors (Lipinski definition) is 0. The molecule has 0 aliphatic rings. The number of aromatic nitrogens is 6. The number of furan rings is 1. The summed E-state index contributed by atoms with van der Waals surface area (Å²) < 4.78 is 11.4. The molecule has 0 atom stereocenters. The summed E-state index contributed by atoms with van der Waals surface area (Å²) in [5.41, 5.74) is 11.0. The van der Waals surface area contributed by atoms with Crippen LogP contribution in [0.1, 0.15) is 0 Å². The second-order valence-corrected chi connectivity index (χ2v) is 16.6. The van der Waals surface area contributed by atoms with E-state index in [9.17, 15) is 0 Å². The molecule has 0 radical (unpaired) electrons. The number of benzene rings is 8. The van der Waals surface area contributed by atoms with E-state index in [0.717, 1.165) is 97.9 Å². The van der Waals surface area contributed by atoms with Gasteiger partial charge in [-0.25, -0.2) is 24.9 Å². The lowest BCUT2D eigenvalue weighted by Gasteiger charge is -2.11. The number of hydrogen-bond acceptors (Lipinski definition) is 7. The van der Waals surface area contributed by atoms with Crippen molar-refractivity contribution in [3.05, 3.63) is 194 Å². The lowest BCUT2D eigenvalue weighted by atomic mass is 10.0. The summed E-state index contributed by atoms with van der Waals surface area (Å²) in [6.07, 6.45) is 0. The van der Waals surface area contributed by atoms with Gasteiger partial charge in [0.1, 0.15) is 11.2 Å². The van der Waals surface area contributed by atoms with E-state index in [-0.39, 0.29) is 0 Å². The molecule has 0 saturated carbocycles. The summed E-state index contributed by atoms with van der Waals surface area (Å²) in [4.78, 5) is 26.1. The Morgan fingerprint density at radius 3 is 1.81 bits per heavy atom. The number of nitrogens with zero attached hydrogens (tertiary/aromatic N) is 6. The molecule has 5 aromatic heterocycles. The molecule has 8 heteroatoms. The Hall–Kier alpha value is -8.33. The number of rotatable bonds is 6. The van der Waals surface area contributed by atoms with Gasteiger partial charge in [0.05, 0.1) is 26.9 Å². The average Bonchev–Trinajstić information content (AvgIpc) is 4.04. The Labute approximate surface area is 364 Å². The molecular formula is C55H32N6OS. The number of thiophene rings is 1. The molecule has 0 aliphatic heterocycles. The number of fused-ring (bicyclic) bond motifs is 9. The van der Waals surface area contributed by atoms with Crippen molar-refractivity contribution in [1.82, 2.24) is 29.5 Å². The molecule has 5 heterocycles. The maximum atomic E-state index is 6.90. The maximum Gasteiger partial charge on any atom is 0.164 e. The first-order valence-corrected chi connectivity index (χ1v) is 21.7. The molecule has 0 spiro atoms. The highest BCUT2D eigenvalue weighted by molar-refractivity contribution is 7.26. The minimum atomic E-state index is 0.557. The van der Waals surface area contributed by atoms with Gasteiger partial charge in [-0.2, -0.15) is 0 Å². The molecular weight excluding hydrogens is 793 g/mol. The van der Waals surface area contributed by atoms with E-state index in [0.29, 0.717) is 23.3 Å². The van der Waals surface area contributed by atoms with E-state index >= 15 is 0 Å².